The van der Waals surface area contributed by atoms with Gasteiger partial charge in [-0.1, -0.05) is 0 Å². The van der Waals surface area contributed by atoms with Crippen molar-refractivity contribution in [1.82, 2.24) is 4.98 Å². The van der Waals surface area contributed by atoms with Crippen molar-refractivity contribution in [3.63, 3.8) is 0 Å². The average molecular weight is 333 g/mol. The maximum atomic E-state index is 11.8. The first-order chi connectivity index (χ1) is 10.8. The second-order valence-electron chi connectivity index (χ2n) is 5.88. The van der Waals surface area contributed by atoms with Gasteiger partial charge in [-0.15, -0.1) is 0 Å². The van der Waals surface area contributed by atoms with Crippen molar-refractivity contribution in [2.24, 2.45) is 0 Å². The first kappa shape index (κ1) is 17.0. The standard InChI is InChI=1S/C16H19N3O3S/c1-11-13(19(10-20)12-7-8-23-9-12)5-6-14(17-11)18-15(21)22-16(2,3)4/h5-10H,1-4H3,(H,17,18,21). The number of amides is 2. The lowest BCUT2D eigenvalue weighted by Crippen LogP contribution is -2.27. The number of thiophene rings is 1. The number of pyridine rings is 1. The normalized spacial score (nSPS) is 11.0. The van der Waals surface area contributed by atoms with Gasteiger partial charge in [0, 0.05) is 5.38 Å². The topological polar surface area (TPSA) is 71.5 Å². The Morgan fingerprint density at radius 3 is 2.61 bits per heavy atom. The Bertz CT molecular complexity index is 693. The summed E-state index contributed by atoms with van der Waals surface area (Å²) in [5.41, 5.74) is 1.49. The van der Waals surface area contributed by atoms with Crippen LogP contribution in [0.4, 0.5) is 22.0 Å². The van der Waals surface area contributed by atoms with Crippen molar-refractivity contribution in [2.75, 3.05) is 10.2 Å². The highest BCUT2D eigenvalue weighted by Crippen LogP contribution is 2.28. The molecule has 0 aromatic carbocycles. The summed E-state index contributed by atoms with van der Waals surface area (Å²) in [6.07, 6.45) is 0.176. The fourth-order valence-corrected chi connectivity index (χ4v) is 2.57. The first-order valence-corrected chi connectivity index (χ1v) is 7.99. The number of nitrogens with one attached hydrogen (secondary N) is 1. The van der Waals surface area contributed by atoms with E-state index in [9.17, 15) is 9.59 Å². The molecule has 7 heteroatoms. The van der Waals surface area contributed by atoms with E-state index in [2.05, 4.69) is 10.3 Å². The van der Waals surface area contributed by atoms with Gasteiger partial charge in [0.1, 0.15) is 11.4 Å². The molecule has 2 rings (SSSR count). The zero-order chi connectivity index (χ0) is 17.0. The van der Waals surface area contributed by atoms with E-state index < -0.39 is 11.7 Å². The molecule has 6 nitrogen and oxygen atoms in total. The van der Waals surface area contributed by atoms with Gasteiger partial charge in [-0.2, -0.15) is 11.3 Å². The molecular weight excluding hydrogens is 314 g/mol. The molecule has 2 heterocycles. The summed E-state index contributed by atoms with van der Waals surface area (Å²) in [7, 11) is 0. The van der Waals surface area contributed by atoms with Crippen LogP contribution in [0.15, 0.2) is 29.0 Å². The Labute approximate surface area is 139 Å². The maximum Gasteiger partial charge on any atom is 0.413 e. The molecule has 2 amide bonds. The van der Waals surface area contributed by atoms with E-state index in [0.717, 1.165) is 12.1 Å². The molecule has 23 heavy (non-hydrogen) atoms. The smallest absolute Gasteiger partial charge is 0.413 e. The van der Waals surface area contributed by atoms with Gasteiger partial charge in [0.15, 0.2) is 0 Å². The summed E-state index contributed by atoms with van der Waals surface area (Å²) >= 11 is 1.51. The van der Waals surface area contributed by atoms with E-state index in [1.165, 1.54) is 16.2 Å². The molecule has 122 valence electrons. The minimum absolute atomic E-state index is 0.372. The molecule has 2 aromatic heterocycles. The Morgan fingerprint density at radius 2 is 2.09 bits per heavy atom. The van der Waals surface area contributed by atoms with Gasteiger partial charge in [0.05, 0.1) is 17.1 Å². The van der Waals surface area contributed by atoms with Gasteiger partial charge in [-0.3, -0.25) is 15.0 Å². The number of aromatic nitrogens is 1. The van der Waals surface area contributed by atoms with Crippen LogP contribution in [0, 0.1) is 6.92 Å². The van der Waals surface area contributed by atoms with Crippen LogP contribution >= 0.6 is 11.3 Å². The lowest BCUT2D eigenvalue weighted by molar-refractivity contribution is -0.106. The highest BCUT2D eigenvalue weighted by Gasteiger charge is 2.17. The van der Waals surface area contributed by atoms with E-state index in [1.54, 1.807) is 39.8 Å². The van der Waals surface area contributed by atoms with Gasteiger partial charge in [-0.05, 0) is 51.3 Å². The van der Waals surface area contributed by atoms with E-state index in [4.69, 9.17) is 4.74 Å². The Morgan fingerprint density at radius 1 is 1.35 bits per heavy atom. The van der Waals surface area contributed by atoms with E-state index in [1.807, 2.05) is 16.8 Å². The predicted octanol–water partition coefficient (Wildman–Crippen LogP) is 4.09. The number of aryl methyl sites for hydroxylation is 1. The van der Waals surface area contributed by atoms with Crippen LogP contribution in [0.2, 0.25) is 0 Å². The fraction of sp³-hybridized carbons (Fsp3) is 0.312. The summed E-state index contributed by atoms with van der Waals surface area (Å²) in [4.78, 5) is 29.0. The van der Waals surface area contributed by atoms with Crippen molar-refractivity contribution in [3.8, 4) is 0 Å². The van der Waals surface area contributed by atoms with Crippen LogP contribution in [0.25, 0.3) is 0 Å². The molecule has 1 N–H and O–H groups in total. The van der Waals surface area contributed by atoms with E-state index in [0.29, 0.717) is 17.2 Å². The minimum atomic E-state index is -0.577. The maximum absolute atomic E-state index is 11.8. The minimum Gasteiger partial charge on any atom is -0.444 e. The Balaban J connectivity index is 2.18. The van der Waals surface area contributed by atoms with Crippen LogP contribution in [0.1, 0.15) is 26.5 Å². The molecule has 0 unspecified atom stereocenters. The third kappa shape index (κ3) is 4.53. The van der Waals surface area contributed by atoms with Crippen LogP contribution in [-0.4, -0.2) is 23.1 Å². The third-order valence-electron chi connectivity index (χ3n) is 2.84. The number of rotatable bonds is 4. The largest absolute Gasteiger partial charge is 0.444 e. The first-order valence-electron chi connectivity index (χ1n) is 7.04. The van der Waals surface area contributed by atoms with Crippen LogP contribution in [-0.2, 0) is 9.53 Å². The number of hydrogen-bond donors (Lipinski definition) is 1. The van der Waals surface area contributed by atoms with E-state index in [-0.39, 0.29) is 0 Å². The number of carbonyl (C=O) groups excluding carboxylic acids is 2. The lowest BCUT2D eigenvalue weighted by atomic mass is 10.2. The van der Waals surface area contributed by atoms with Crippen LogP contribution < -0.4 is 10.2 Å². The Hall–Kier alpha value is -2.41. The van der Waals surface area contributed by atoms with Crippen molar-refractivity contribution < 1.29 is 14.3 Å². The second-order valence-corrected chi connectivity index (χ2v) is 6.66. The van der Waals surface area contributed by atoms with Crippen LogP contribution in [0.5, 0.6) is 0 Å². The highest BCUT2D eigenvalue weighted by molar-refractivity contribution is 7.08. The monoisotopic (exact) mass is 333 g/mol. The molecule has 0 radical (unpaired) electrons. The number of carbonyl (C=O) groups is 2. The molecular formula is C16H19N3O3S. The summed E-state index contributed by atoms with van der Waals surface area (Å²) < 4.78 is 5.18. The molecule has 0 aliphatic heterocycles. The molecule has 0 saturated heterocycles. The predicted molar refractivity (Wildman–Crippen MR) is 91.4 cm³/mol. The highest BCUT2D eigenvalue weighted by atomic mass is 32.1. The fourth-order valence-electron chi connectivity index (χ4n) is 1.94. The molecule has 0 aliphatic rings. The van der Waals surface area contributed by atoms with Crippen molar-refractivity contribution in [2.45, 2.75) is 33.3 Å². The molecule has 0 saturated carbocycles. The van der Waals surface area contributed by atoms with E-state index >= 15 is 0 Å². The number of ether oxygens (including phenoxy) is 1. The summed E-state index contributed by atoms with van der Waals surface area (Å²) in [5.74, 6) is 0.372. The second kappa shape index (κ2) is 6.78. The number of hydrogen-bond acceptors (Lipinski definition) is 5. The number of anilines is 3. The quantitative estimate of drug-likeness (QED) is 0.855. The summed E-state index contributed by atoms with van der Waals surface area (Å²) in [6.45, 7) is 7.14. The van der Waals surface area contributed by atoms with Gasteiger partial charge in [0.2, 0.25) is 6.41 Å². The molecule has 0 spiro atoms. The van der Waals surface area contributed by atoms with Gasteiger partial charge < -0.3 is 4.74 Å². The van der Waals surface area contributed by atoms with Gasteiger partial charge in [0.25, 0.3) is 0 Å². The van der Waals surface area contributed by atoms with Crippen molar-refractivity contribution >= 4 is 41.0 Å². The Kier molecular flexibility index (Phi) is 5.00. The summed E-state index contributed by atoms with van der Waals surface area (Å²) in [6, 6.07) is 5.22. The van der Waals surface area contributed by atoms with Crippen LogP contribution in [0.3, 0.4) is 0 Å². The molecule has 0 bridgehead atoms. The zero-order valence-corrected chi connectivity index (χ0v) is 14.3. The molecule has 2 aromatic rings. The van der Waals surface area contributed by atoms with Crippen molar-refractivity contribution in [1.29, 1.82) is 0 Å². The average Bonchev–Trinajstić information content (AvgIpc) is 2.93. The molecule has 0 aliphatic carbocycles. The molecule has 0 atom stereocenters. The lowest BCUT2D eigenvalue weighted by Gasteiger charge is -2.20. The van der Waals surface area contributed by atoms with Gasteiger partial charge in [-0.25, -0.2) is 9.78 Å². The third-order valence-corrected chi connectivity index (χ3v) is 3.51. The SMILES string of the molecule is Cc1nc(NC(=O)OC(C)(C)C)ccc1N(C=O)c1ccsc1. The zero-order valence-electron chi connectivity index (χ0n) is 13.5. The summed E-state index contributed by atoms with van der Waals surface area (Å²) in [5, 5.41) is 6.35. The van der Waals surface area contributed by atoms with Crippen molar-refractivity contribution in [3.05, 3.63) is 34.7 Å². The number of nitrogens with zero attached hydrogens (tertiary/aromatic N) is 2. The van der Waals surface area contributed by atoms with Gasteiger partial charge >= 0.3 is 6.09 Å². The molecule has 0 fully saturated rings.